The Morgan fingerprint density at radius 3 is 2.74 bits per heavy atom. The minimum absolute atomic E-state index is 1.01. The lowest BCUT2D eigenvalue weighted by molar-refractivity contribution is 1.14. The van der Waals surface area contributed by atoms with E-state index < -0.39 is 0 Å². The molecule has 0 unspecified atom stereocenters. The fourth-order valence-electron chi connectivity index (χ4n) is 2.75. The predicted octanol–water partition coefficient (Wildman–Crippen LogP) is 4.38. The smallest absolute Gasteiger partial charge is 0.0709 e. The zero-order chi connectivity index (χ0) is 12.7. The molecule has 2 nitrogen and oxygen atoms in total. The van der Waals surface area contributed by atoms with Crippen LogP contribution in [0.3, 0.4) is 0 Å². The fourth-order valence-corrected chi connectivity index (χ4v) is 2.75. The summed E-state index contributed by atoms with van der Waals surface area (Å²) in [5, 5.41) is 1.25. The van der Waals surface area contributed by atoms with Crippen LogP contribution in [0.25, 0.3) is 10.9 Å². The lowest BCUT2D eigenvalue weighted by Crippen LogP contribution is -2.13. The maximum atomic E-state index is 3.34. The Hall–Kier alpha value is -2.48. The molecule has 0 bridgehead atoms. The van der Waals surface area contributed by atoms with Crippen LogP contribution in [0.1, 0.15) is 5.56 Å². The standard InChI is InChI=1S/C17H14N2/c1-4-10-16-13(6-1)7-5-11-19(16)17-12-18-15-9-3-2-8-14(15)17/h1-6,8-12,18H,7H2. The van der Waals surface area contributed by atoms with Crippen LogP contribution < -0.4 is 4.90 Å². The van der Waals surface area contributed by atoms with Crippen molar-refractivity contribution in [2.75, 3.05) is 4.90 Å². The Morgan fingerprint density at radius 1 is 0.895 bits per heavy atom. The third kappa shape index (κ3) is 1.57. The van der Waals surface area contributed by atoms with E-state index in [1.807, 2.05) is 0 Å². The molecule has 0 amide bonds. The number of para-hydroxylation sites is 2. The Kier molecular flexibility index (Phi) is 2.21. The number of hydrogen-bond acceptors (Lipinski definition) is 1. The largest absolute Gasteiger partial charge is 0.359 e. The Balaban J connectivity index is 1.93. The average molecular weight is 246 g/mol. The van der Waals surface area contributed by atoms with E-state index in [4.69, 9.17) is 0 Å². The first-order chi connectivity index (χ1) is 9.43. The fraction of sp³-hybridized carbons (Fsp3) is 0.0588. The molecule has 2 heteroatoms. The van der Waals surface area contributed by atoms with Crippen LogP contribution in [0.5, 0.6) is 0 Å². The van der Waals surface area contributed by atoms with Gasteiger partial charge in [-0.1, -0.05) is 42.5 Å². The van der Waals surface area contributed by atoms with E-state index in [-0.39, 0.29) is 0 Å². The molecule has 0 spiro atoms. The summed E-state index contributed by atoms with van der Waals surface area (Å²) in [5.41, 5.74) is 5.03. The minimum Gasteiger partial charge on any atom is -0.359 e. The van der Waals surface area contributed by atoms with Gasteiger partial charge in [0.2, 0.25) is 0 Å². The first-order valence-electron chi connectivity index (χ1n) is 6.53. The number of aromatic amines is 1. The van der Waals surface area contributed by atoms with Crippen LogP contribution in [0.2, 0.25) is 0 Å². The summed E-state index contributed by atoms with van der Waals surface area (Å²) in [4.78, 5) is 5.60. The van der Waals surface area contributed by atoms with E-state index in [0.29, 0.717) is 0 Å². The lowest BCUT2D eigenvalue weighted by Gasteiger charge is -2.25. The molecule has 2 heterocycles. The quantitative estimate of drug-likeness (QED) is 0.675. The van der Waals surface area contributed by atoms with Gasteiger partial charge < -0.3 is 9.88 Å². The molecular weight excluding hydrogens is 232 g/mol. The van der Waals surface area contributed by atoms with Crippen LogP contribution in [0, 0.1) is 0 Å². The summed E-state index contributed by atoms with van der Waals surface area (Å²) in [6.45, 7) is 0. The maximum absolute atomic E-state index is 3.34. The van der Waals surface area contributed by atoms with Crippen molar-refractivity contribution in [3.63, 3.8) is 0 Å². The van der Waals surface area contributed by atoms with Crippen molar-refractivity contribution in [1.82, 2.24) is 4.98 Å². The van der Waals surface area contributed by atoms with E-state index in [2.05, 4.69) is 76.9 Å². The molecule has 2 aromatic carbocycles. The molecule has 3 aromatic rings. The van der Waals surface area contributed by atoms with Crippen molar-refractivity contribution >= 4 is 22.3 Å². The first-order valence-corrected chi connectivity index (χ1v) is 6.53. The molecule has 0 saturated carbocycles. The van der Waals surface area contributed by atoms with Crippen molar-refractivity contribution in [1.29, 1.82) is 0 Å². The highest BCUT2D eigenvalue weighted by Crippen LogP contribution is 2.36. The van der Waals surface area contributed by atoms with Crippen molar-refractivity contribution in [3.05, 3.63) is 72.6 Å². The summed E-state index contributed by atoms with van der Waals surface area (Å²) in [5.74, 6) is 0. The second-order valence-electron chi connectivity index (χ2n) is 4.81. The molecule has 0 aliphatic carbocycles. The molecule has 0 radical (unpaired) electrons. The van der Waals surface area contributed by atoms with Gasteiger partial charge >= 0.3 is 0 Å². The number of nitrogens with zero attached hydrogens (tertiary/aromatic N) is 1. The third-order valence-corrected chi connectivity index (χ3v) is 3.67. The van der Waals surface area contributed by atoms with Crippen LogP contribution in [-0.4, -0.2) is 4.98 Å². The number of benzene rings is 2. The number of aromatic nitrogens is 1. The zero-order valence-electron chi connectivity index (χ0n) is 10.5. The van der Waals surface area contributed by atoms with Crippen molar-refractivity contribution in [3.8, 4) is 0 Å². The molecule has 19 heavy (non-hydrogen) atoms. The molecule has 1 N–H and O–H groups in total. The van der Waals surface area contributed by atoms with E-state index in [9.17, 15) is 0 Å². The number of fused-ring (bicyclic) bond motifs is 2. The second kappa shape index (κ2) is 4.02. The SMILES string of the molecule is C1=CN(c2c[nH]c3ccccc23)c2ccccc2C1. The summed E-state index contributed by atoms with van der Waals surface area (Å²) in [6.07, 6.45) is 7.47. The monoisotopic (exact) mass is 246 g/mol. The Morgan fingerprint density at radius 2 is 1.74 bits per heavy atom. The van der Waals surface area contributed by atoms with Gasteiger partial charge in [-0.3, -0.25) is 0 Å². The summed E-state index contributed by atoms with van der Waals surface area (Å²) in [7, 11) is 0. The Labute approximate surface area is 112 Å². The van der Waals surface area contributed by atoms with Crippen molar-refractivity contribution in [2.45, 2.75) is 6.42 Å². The van der Waals surface area contributed by atoms with Crippen LogP contribution in [0.15, 0.2) is 67.0 Å². The number of H-pyrrole nitrogens is 1. The van der Waals surface area contributed by atoms with Gasteiger partial charge in [-0.2, -0.15) is 0 Å². The number of nitrogens with one attached hydrogen (secondary N) is 1. The number of rotatable bonds is 1. The molecule has 92 valence electrons. The first kappa shape index (κ1) is 10.4. The lowest BCUT2D eigenvalue weighted by atomic mass is 10.1. The van der Waals surface area contributed by atoms with Gasteiger partial charge in [0.15, 0.2) is 0 Å². The molecular formula is C17H14N2. The molecule has 1 aliphatic heterocycles. The van der Waals surface area contributed by atoms with Gasteiger partial charge in [0.25, 0.3) is 0 Å². The number of anilines is 2. The number of allylic oxidation sites excluding steroid dienone is 1. The van der Waals surface area contributed by atoms with Gasteiger partial charge in [-0.15, -0.1) is 0 Å². The topological polar surface area (TPSA) is 19.0 Å². The van der Waals surface area contributed by atoms with E-state index in [1.165, 1.54) is 27.8 Å². The highest BCUT2D eigenvalue weighted by atomic mass is 15.1. The minimum atomic E-state index is 1.01. The van der Waals surface area contributed by atoms with Gasteiger partial charge in [0.05, 0.1) is 5.69 Å². The van der Waals surface area contributed by atoms with E-state index >= 15 is 0 Å². The average Bonchev–Trinajstić information content (AvgIpc) is 2.90. The molecule has 4 rings (SSSR count). The number of hydrogen-bond donors (Lipinski definition) is 1. The Bertz CT molecular complexity index is 768. The van der Waals surface area contributed by atoms with Gasteiger partial charge in [-0.05, 0) is 24.1 Å². The molecule has 0 atom stereocenters. The summed E-state index contributed by atoms with van der Waals surface area (Å²) < 4.78 is 0. The summed E-state index contributed by atoms with van der Waals surface area (Å²) >= 11 is 0. The molecule has 0 fully saturated rings. The van der Waals surface area contributed by atoms with E-state index in [0.717, 1.165) is 6.42 Å². The highest BCUT2D eigenvalue weighted by Gasteiger charge is 2.16. The summed E-state index contributed by atoms with van der Waals surface area (Å²) in [6, 6.07) is 17.0. The van der Waals surface area contributed by atoms with Crippen LogP contribution in [-0.2, 0) is 6.42 Å². The van der Waals surface area contributed by atoms with Crippen LogP contribution in [0.4, 0.5) is 11.4 Å². The third-order valence-electron chi connectivity index (χ3n) is 3.67. The van der Waals surface area contributed by atoms with Gasteiger partial charge in [0.1, 0.15) is 0 Å². The highest BCUT2D eigenvalue weighted by molar-refractivity contribution is 5.96. The molecule has 1 aromatic heterocycles. The second-order valence-corrected chi connectivity index (χ2v) is 4.81. The molecule has 1 aliphatic rings. The zero-order valence-corrected chi connectivity index (χ0v) is 10.5. The van der Waals surface area contributed by atoms with Crippen molar-refractivity contribution < 1.29 is 0 Å². The maximum Gasteiger partial charge on any atom is 0.0709 e. The van der Waals surface area contributed by atoms with Gasteiger partial charge in [0, 0.05) is 29.0 Å². The van der Waals surface area contributed by atoms with E-state index in [1.54, 1.807) is 0 Å². The predicted molar refractivity (Wildman–Crippen MR) is 79.7 cm³/mol. The normalized spacial score (nSPS) is 13.8. The van der Waals surface area contributed by atoms with Gasteiger partial charge in [-0.25, -0.2) is 0 Å². The van der Waals surface area contributed by atoms with Crippen LogP contribution >= 0.6 is 0 Å². The van der Waals surface area contributed by atoms with Crippen molar-refractivity contribution in [2.24, 2.45) is 0 Å². The molecule has 0 saturated heterocycles.